The van der Waals surface area contributed by atoms with E-state index < -0.39 is 11.7 Å². The summed E-state index contributed by atoms with van der Waals surface area (Å²) in [7, 11) is 0. The van der Waals surface area contributed by atoms with Crippen LogP contribution < -0.4 is 0 Å². The highest BCUT2D eigenvalue weighted by Crippen LogP contribution is 2.57. The molecule has 1 saturated carbocycles. The third-order valence-electron chi connectivity index (χ3n) is 5.26. The summed E-state index contributed by atoms with van der Waals surface area (Å²) >= 11 is 0. The Balaban J connectivity index is 2.36. The van der Waals surface area contributed by atoms with Crippen molar-refractivity contribution in [3.8, 4) is 0 Å². The summed E-state index contributed by atoms with van der Waals surface area (Å²) in [5.41, 5.74) is 0.602. The van der Waals surface area contributed by atoms with E-state index in [0.29, 0.717) is 0 Å². The Morgan fingerprint density at radius 1 is 1.41 bits per heavy atom. The van der Waals surface area contributed by atoms with Gasteiger partial charge in [-0.2, -0.15) is 0 Å². The normalized spacial score (nSPS) is 46.6. The van der Waals surface area contributed by atoms with Crippen molar-refractivity contribution in [1.82, 2.24) is 0 Å². The lowest BCUT2D eigenvalue weighted by Crippen LogP contribution is -2.49. The van der Waals surface area contributed by atoms with E-state index in [4.69, 9.17) is 0 Å². The number of fused-ring (bicyclic) bond motifs is 1. The van der Waals surface area contributed by atoms with Crippen LogP contribution in [0.15, 0.2) is 11.6 Å². The average Bonchev–Trinajstić information content (AvgIpc) is 2.35. The zero-order valence-corrected chi connectivity index (χ0v) is 11.5. The van der Waals surface area contributed by atoms with E-state index >= 15 is 0 Å². The molecular weight excluding hydrogens is 212 g/mol. The van der Waals surface area contributed by atoms with Crippen molar-refractivity contribution in [2.45, 2.75) is 65.1 Å². The Hall–Kier alpha value is -0.340. The fourth-order valence-corrected chi connectivity index (χ4v) is 4.01. The van der Waals surface area contributed by atoms with Gasteiger partial charge in [-0.25, -0.2) is 0 Å². The molecule has 2 rings (SSSR count). The van der Waals surface area contributed by atoms with Gasteiger partial charge in [0.25, 0.3) is 0 Å². The zero-order valence-electron chi connectivity index (χ0n) is 11.5. The lowest BCUT2D eigenvalue weighted by atomic mass is 9.69. The van der Waals surface area contributed by atoms with Gasteiger partial charge in [0.1, 0.15) is 0 Å². The lowest BCUT2D eigenvalue weighted by molar-refractivity contribution is -0.121. The summed E-state index contributed by atoms with van der Waals surface area (Å²) in [4.78, 5) is 0. The van der Waals surface area contributed by atoms with E-state index in [-0.39, 0.29) is 17.3 Å². The van der Waals surface area contributed by atoms with Gasteiger partial charge in [0.2, 0.25) is 0 Å². The van der Waals surface area contributed by atoms with E-state index in [1.54, 1.807) is 0 Å². The fraction of sp³-hybridized carbons (Fsp3) is 0.867. The molecular formula is C15H26O2. The topological polar surface area (TPSA) is 40.5 Å². The minimum Gasteiger partial charge on any atom is -0.390 e. The van der Waals surface area contributed by atoms with Crippen LogP contribution in [0.2, 0.25) is 0 Å². The SMILES string of the molecule is CC1=CC[C@@]2(C)CC(O)[C@](O)(C(C)C)[C@H]2CC1. The maximum atomic E-state index is 10.9. The minimum atomic E-state index is -0.896. The molecule has 0 bridgehead atoms. The van der Waals surface area contributed by atoms with Crippen LogP contribution >= 0.6 is 0 Å². The minimum absolute atomic E-state index is 0.0657. The molecule has 1 fully saturated rings. The second-order valence-corrected chi connectivity index (χ2v) is 6.76. The summed E-state index contributed by atoms with van der Waals surface area (Å²) < 4.78 is 0. The van der Waals surface area contributed by atoms with Gasteiger partial charge in [0.15, 0.2) is 0 Å². The molecule has 2 N–H and O–H groups in total. The van der Waals surface area contributed by atoms with Crippen molar-refractivity contribution in [2.24, 2.45) is 17.3 Å². The van der Waals surface area contributed by atoms with Crippen LogP contribution in [0, 0.1) is 17.3 Å². The number of aliphatic hydroxyl groups is 2. The van der Waals surface area contributed by atoms with Gasteiger partial charge in [-0.3, -0.25) is 0 Å². The summed E-state index contributed by atoms with van der Waals surface area (Å²) in [5, 5.41) is 21.2. The first kappa shape index (κ1) is 13.1. The van der Waals surface area contributed by atoms with Crippen LogP contribution in [0.5, 0.6) is 0 Å². The van der Waals surface area contributed by atoms with Crippen LogP contribution in [0.25, 0.3) is 0 Å². The number of rotatable bonds is 1. The van der Waals surface area contributed by atoms with E-state index in [1.807, 2.05) is 13.8 Å². The molecule has 0 heterocycles. The highest BCUT2D eigenvalue weighted by Gasteiger charge is 2.59. The van der Waals surface area contributed by atoms with Crippen LogP contribution in [-0.4, -0.2) is 21.9 Å². The van der Waals surface area contributed by atoms with Gasteiger partial charge in [-0.05, 0) is 49.9 Å². The molecule has 0 amide bonds. The first-order chi connectivity index (χ1) is 7.80. The van der Waals surface area contributed by atoms with Crippen molar-refractivity contribution in [3.05, 3.63) is 11.6 Å². The molecule has 0 aromatic carbocycles. The summed E-state index contributed by atoms with van der Waals surface area (Å²) in [5.74, 6) is 0.335. The van der Waals surface area contributed by atoms with Gasteiger partial charge in [0.05, 0.1) is 11.7 Å². The van der Waals surface area contributed by atoms with Gasteiger partial charge in [-0.15, -0.1) is 0 Å². The van der Waals surface area contributed by atoms with E-state index in [2.05, 4.69) is 19.9 Å². The highest BCUT2D eigenvalue weighted by molar-refractivity contribution is 5.16. The second-order valence-electron chi connectivity index (χ2n) is 6.76. The molecule has 0 saturated heterocycles. The molecule has 2 heteroatoms. The lowest BCUT2D eigenvalue weighted by Gasteiger charge is -2.40. The first-order valence-electron chi connectivity index (χ1n) is 6.87. The molecule has 1 unspecified atom stereocenters. The molecule has 98 valence electrons. The van der Waals surface area contributed by atoms with Crippen molar-refractivity contribution in [2.75, 3.05) is 0 Å². The monoisotopic (exact) mass is 238 g/mol. The van der Waals surface area contributed by atoms with Crippen molar-refractivity contribution in [3.63, 3.8) is 0 Å². The summed E-state index contributed by atoms with van der Waals surface area (Å²) in [6, 6.07) is 0. The van der Waals surface area contributed by atoms with Gasteiger partial charge in [0, 0.05) is 0 Å². The number of hydrogen-bond acceptors (Lipinski definition) is 2. The van der Waals surface area contributed by atoms with Gasteiger partial charge in [-0.1, -0.05) is 32.4 Å². The molecule has 2 aliphatic rings. The Morgan fingerprint density at radius 2 is 2.06 bits per heavy atom. The Morgan fingerprint density at radius 3 is 2.65 bits per heavy atom. The third kappa shape index (κ3) is 1.86. The third-order valence-corrected chi connectivity index (χ3v) is 5.26. The zero-order chi connectivity index (χ0) is 12.8. The predicted molar refractivity (Wildman–Crippen MR) is 69.6 cm³/mol. The molecule has 0 radical (unpaired) electrons. The maximum Gasteiger partial charge on any atom is 0.0961 e. The first-order valence-corrected chi connectivity index (χ1v) is 6.87. The second kappa shape index (κ2) is 4.10. The molecule has 0 aromatic rings. The predicted octanol–water partition coefficient (Wildman–Crippen LogP) is 2.89. The molecule has 17 heavy (non-hydrogen) atoms. The quantitative estimate of drug-likeness (QED) is 0.690. The Kier molecular flexibility index (Phi) is 3.16. The van der Waals surface area contributed by atoms with Crippen molar-refractivity contribution < 1.29 is 10.2 Å². The van der Waals surface area contributed by atoms with Gasteiger partial charge >= 0.3 is 0 Å². The van der Waals surface area contributed by atoms with Crippen LogP contribution in [0.1, 0.15) is 53.4 Å². The van der Waals surface area contributed by atoms with Crippen LogP contribution in [-0.2, 0) is 0 Å². The number of hydrogen-bond donors (Lipinski definition) is 2. The maximum absolute atomic E-state index is 10.9. The molecule has 0 spiro atoms. The molecule has 2 nitrogen and oxygen atoms in total. The molecule has 2 aliphatic carbocycles. The Bertz CT molecular complexity index is 334. The Labute approximate surface area is 105 Å². The van der Waals surface area contributed by atoms with Crippen molar-refractivity contribution >= 4 is 0 Å². The van der Waals surface area contributed by atoms with Gasteiger partial charge < -0.3 is 10.2 Å². The van der Waals surface area contributed by atoms with E-state index in [9.17, 15) is 10.2 Å². The average molecular weight is 238 g/mol. The molecule has 4 atom stereocenters. The highest BCUT2D eigenvalue weighted by atomic mass is 16.3. The molecule has 0 aromatic heterocycles. The van der Waals surface area contributed by atoms with E-state index in [1.165, 1.54) is 5.57 Å². The smallest absolute Gasteiger partial charge is 0.0961 e. The largest absolute Gasteiger partial charge is 0.390 e. The van der Waals surface area contributed by atoms with Crippen LogP contribution in [0.3, 0.4) is 0 Å². The molecule has 0 aliphatic heterocycles. The summed E-state index contributed by atoms with van der Waals surface area (Å²) in [6.07, 6.45) is 5.53. The van der Waals surface area contributed by atoms with E-state index in [0.717, 1.165) is 25.7 Å². The number of aliphatic hydroxyl groups excluding tert-OH is 1. The fourth-order valence-electron chi connectivity index (χ4n) is 4.01. The standard InChI is InChI=1S/C15H26O2/c1-10(2)15(17)12-6-5-11(3)7-8-14(12,4)9-13(15)16/h7,10,12-13,16-17H,5-6,8-9H2,1-4H3/t12-,13?,14-,15-/m0/s1. The number of allylic oxidation sites excluding steroid dienone is 2. The van der Waals surface area contributed by atoms with Crippen molar-refractivity contribution in [1.29, 1.82) is 0 Å². The van der Waals surface area contributed by atoms with Crippen LogP contribution in [0.4, 0.5) is 0 Å². The summed E-state index contributed by atoms with van der Waals surface area (Å²) in [6.45, 7) is 8.46.